The molecular weight excluding hydrogens is 246 g/mol. The Morgan fingerprint density at radius 2 is 2.25 bits per heavy atom. The van der Waals surface area contributed by atoms with Gasteiger partial charge < -0.3 is 9.88 Å². The number of aromatic amines is 1. The Hall–Kier alpha value is -1.79. The Morgan fingerprint density at radius 1 is 1.40 bits per heavy atom. The largest absolute Gasteiger partial charge is 0.361 e. The van der Waals surface area contributed by atoms with Crippen molar-refractivity contribution in [3.05, 3.63) is 35.5 Å². The molecule has 1 heterocycles. The van der Waals surface area contributed by atoms with Gasteiger partial charge in [-0.05, 0) is 75.5 Å². The minimum atomic E-state index is 0.694. The second-order valence-electron chi connectivity index (χ2n) is 6.16. The fraction of sp³-hybridized carbons (Fsp3) is 0.471. The van der Waals surface area contributed by atoms with Crippen molar-refractivity contribution in [3.63, 3.8) is 0 Å². The van der Waals surface area contributed by atoms with Gasteiger partial charge in [0.15, 0.2) is 0 Å². The Kier molecular flexibility index (Phi) is 3.50. The molecule has 0 saturated heterocycles. The van der Waals surface area contributed by atoms with E-state index in [2.05, 4.69) is 36.2 Å². The lowest BCUT2D eigenvalue weighted by molar-refractivity contribution is 0.388. The summed E-state index contributed by atoms with van der Waals surface area (Å²) >= 11 is 0. The minimum absolute atomic E-state index is 0.694. The van der Waals surface area contributed by atoms with Gasteiger partial charge in [0, 0.05) is 17.1 Å². The molecule has 3 nitrogen and oxygen atoms in total. The van der Waals surface area contributed by atoms with E-state index in [1.165, 1.54) is 36.8 Å². The summed E-state index contributed by atoms with van der Waals surface area (Å²) in [6.07, 6.45) is 6.03. The standard InChI is InChI=1S/C17H21N3/c1-20(2)7-3-4-13-9-14(13)16-11-19-17-6-5-12(10-18)8-15(16)17/h5-6,8,11,13-14,19H,3-4,7,9H2,1-2H3/t13-,14-/m1/s1. The molecule has 20 heavy (non-hydrogen) atoms. The van der Waals surface area contributed by atoms with Gasteiger partial charge in [-0.25, -0.2) is 0 Å². The smallest absolute Gasteiger partial charge is 0.0991 e. The Balaban J connectivity index is 1.71. The zero-order chi connectivity index (χ0) is 14.1. The molecule has 0 aliphatic heterocycles. The summed E-state index contributed by atoms with van der Waals surface area (Å²) < 4.78 is 0. The molecule has 1 aromatic heterocycles. The number of aromatic nitrogens is 1. The van der Waals surface area contributed by atoms with Gasteiger partial charge in [0.2, 0.25) is 0 Å². The van der Waals surface area contributed by atoms with E-state index >= 15 is 0 Å². The van der Waals surface area contributed by atoms with Gasteiger partial charge in [0.05, 0.1) is 11.6 Å². The maximum Gasteiger partial charge on any atom is 0.0991 e. The maximum atomic E-state index is 9.03. The van der Waals surface area contributed by atoms with Crippen LogP contribution in [-0.2, 0) is 0 Å². The normalized spacial score (nSPS) is 21.3. The summed E-state index contributed by atoms with van der Waals surface area (Å²) in [6.45, 7) is 1.18. The van der Waals surface area contributed by atoms with E-state index in [0.717, 1.165) is 17.0 Å². The number of nitrogens with one attached hydrogen (secondary N) is 1. The van der Waals surface area contributed by atoms with E-state index in [0.29, 0.717) is 5.92 Å². The topological polar surface area (TPSA) is 42.8 Å². The van der Waals surface area contributed by atoms with Gasteiger partial charge in [0.1, 0.15) is 0 Å². The van der Waals surface area contributed by atoms with E-state index in [4.69, 9.17) is 5.26 Å². The number of rotatable bonds is 5. The van der Waals surface area contributed by atoms with Gasteiger partial charge in [-0.2, -0.15) is 5.26 Å². The van der Waals surface area contributed by atoms with Crippen molar-refractivity contribution in [1.82, 2.24) is 9.88 Å². The van der Waals surface area contributed by atoms with Crippen LogP contribution in [0.25, 0.3) is 10.9 Å². The van der Waals surface area contributed by atoms with Gasteiger partial charge in [-0.15, -0.1) is 0 Å². The first-order chi connectivity index (χ1) is 9.69. The van der Waals surface area contributed by atoms with Crippen LogP contribution >= 0.6 is 0 Å². The van der Waals surface area contributed by atoms with Gasteiger partial charge in [-0.1, -0.05) is 0 Å². The van der Waals surface area contributed by atoms with Gasteiger partial charge in [0.25, 0.3) is 0 Å². The van der Waals surface area contributed by atoms with Crippen LogP contribution in [0.1, 0.15) is 36.3 Å². The van der Waals surface area contributed by atoms with Crippen LogP contribution in [0, 0.1) is 17.2 Å². The molecule has 0 spiro atoms. The van der Waals surface area contributed by atoms with Gasteiger partial charge >= 0.3 is 0 Å². The SMILES string of the molecule is CN(C)CCC[C@@H]1C[C@H]1c1c[nH]c2ccc(C#N)cc12. The summed E-state index contributed by atoms with van der Waals surface area (Å²) in [4.78, 5) is 5.59. The van der Waals surface area contributed by atoms with Crippen LogP contribution in [0.5, 0.6) is 0 Å². The average Bonchev–Trinajstić information content (AvgIpc) is 3.07. The lowest BCUT2D eigenvalue weighted by atomic mass is 10.0. The molecule has 0 bridgehead atoms. The number of nitriles is 1. The summed E-state index contributed by atoms with van der Waals surface area (Å²) in [5, 5.41) is 10.3. The van der Waals surface area contributed by atoms with Crippen molar-refractivity contribution >= 4 is 10.9 Å². The second kappa shape index (κ2) is 5.30. The first-order valence-electron chi connectivity index (χ1n) is 7.35. The van der Waals surface area contributed by atoms with Crippen LogP contribution in [-0.4, -0.2) is 30.5 Å². The third-order valence-electron chi connectivity index (χ3n) is 4.35. The van der Waals surface area contributed by atoms with Crippen molar-refractivity contribution in [2.75, 3.05) is 20.6 Å². The molecule has 2 atom stereocenters. The molecule has 0 amide bonds. The van der Waals surface area contributed by atoms with Crippen molar-refractivity contribution in [3.8, 4) is 6.07 Å². The lowest BCUT2D eigenvalue weighted by Crippen LogP contribution is -2.12. The molecule has 104 valence electrons. The second-order valence-corrected chi connectivity index (χ2v) is 6.16. The molecular formula is C17H21N3. The zero-order valence-electron chi connectivity index (χ0n) is 12.2. The van der Waals surface area contributed by atoms with Crippen LogP contribution in [0.4, 0.5) is 0 Å². The quantitative estimate of drug-likeness (QED) is 0.901. The van der Waals surface area contributed by atoms with Gasteiger partial charge in [-0.3, -0.25) is 0 Å². The predicted octanol–water partition coefficient (Wildman–Crippen LogP) is 3.48. The summed E-state index contributed by atoms with van der Waals surface area (Å²) in [7, 11) is 4.26. The molecule has 1 aliphatic carbocycles. The predicted molar refractivity (Wildman–Crippen MR) is 81.6 cm³/mol. The Bertz CT molecular complexity index is 648. The average molecular weight is 267 g/mol. The number of fused-ring (bicyclic) bond motifs is 1. The molecule has 3 heteroatoms. The van der Waals surface area contributed by atoms with Crippen LogP contribution in [0.3, 0.4) is 0 Å². The number of hydrogen-bond acceptors (Lipinski definition) is 2. The van der Waals surface area contributed by atoms with E-state index in [1.807, 2.05) is 18.2 Å². The molecule has 2 aromatic rings. The summed E-state index contributed by atoms with van der Waals surface area (Å²) in [5.41, 5.74) is 3.31. The molecule has 1 fully saturated rings. The van der Waals surface area contributed by atoms with E-state index < -0.39 is 0 Å². The molecule has 1 N–H and O–H groups in total. The third-order valence-corrected chi connectivity index (χ3v) is 4.35. The van der Waals surface area contributed by atoms with Crippen molar-refractivity contribution in [1.29, 1.82) is 5.26 Å². The summed E-state index contributed by atoms with van der Waals surface area (Å²) in [5.74, 6) is 1.53. The number of hydrogen-bond donors (Lipinski definition) is 1. The Morgan fingerprint density at radius 3 is 3.00 bits per heavy atom. The minimum Gasteiger partial charge on any atom is -0.361 e. The van der Waals surface area contributed by atoms with Crippen LogP contribution in [0.15, 0.2) is 24.4 Å². The lowest BCUT2D eigenvalue weighted by Gasteiger charge is -2.08. The molecule has 1 aromatic carbocycles. The highest BCUT2D eigenvalue weighted by Crippen LogP contribution is 2.51. The van der Waals surface area contributed by atoms with Crippen molar-refractivity contribution in [2.24, 2.45) is 5.92 Å². The first kappa shape index (κ1) is 13.2. The highest BCUT2D eigenvalue weighted by Gasteiger charge is 2.38. The molecule has 3 rings (SSSR count). The van der Waals surface area contributed by atoms with Crippen molar-refractivity contribution in [2.45, 2.75) is 25.2 Å². The molecule has 1 aliphatic rings. The fourth-order valence-corrected chi connectivity index (χ4v) is 3.14. The highest BCUT2D eigenvalue weighted by molar-refractivity contribution is 5.85. The molecule has 1 saturated carbocycles. The van der Waals surface area contributed by atoms with Crippen LogP contribution in [0.2, 0.25) is 0 Å². The third kappa shape index (κ3) is 2.57. The number of nitrogens with zero attached hydrogens (tertiary/aromatic N) is 2. The number of H-pyrrole nitrogens is 1. The van der Waals surface area contributed by atoms with E-state index in [1.54, 1.807) is 0 Å². The fourth-order valence-electron chi connectivity index (χ4n) is 3.14. The van der Waals surface area contributed by atoms with Crippen molar-refractivity contribution < 1.29 is 0 Å². The van der Waals surface area contributed by atoms with Crippen LogP contribution < -0.4 is 0 Å². The molecule has 0 radical (unpaired) electrons. The summed E-state index contributed by atoms with van der Waals surface area (Å²) in [6, 6.07) is 8.15. The zero-order valence-corrected chi connectivity index (χ0v) is 12.2. The Labute approximate surface area is 120 Å². The van der Waals surface area contributed by atoms with E-state index in [9.17, 15) is 0 Å². The number of benzene rings is 1. The first-order valence-corrected chi connectivity index (χ1v) is 7.35. The monoisotopic (exact) mass is 267 g/mol. The van der Waals surface area contributed by atoms with E-state index in [-0.39, 0.29) is 0 Å². The highest BCUT2D eigenvalue weighted by atomic mass is 15.0. The maximum absolute atomic E-state index is 9.03. The molecule has 0 unspecified atom stereocenters.